The molecule has 0 fully saturated rings. The first-order chi connectivity index (χ1) is 10.7. The second-order valence-electron chi connectivity index (χ2n) is 4.64. The van der Waals surface area contributed by atoms with Crippen LogP contribution < -0.4 is 4.74 Å². The van der Waals surface area contributed by atoms with Gasteiger partial charge in [-0.25, -0.2) is 14.6 Å². The molecule has 7 heteroatoms. The van der Waals surface area contributed by atoms with Gasteiger partial charge < -0.3 is 4.74 Å². The van der Waals surface area contributed by atoms with Gasteiger partial charge in [0, 0.05) is 16.6 Å². The second-order valence-corrected chi connectivity index (χ2v) is 5.88. The summed E-state index contributed by atoms with van der Waals surface area (Å²) >= 11 is 1.59. The summed E-state index contributed by atoms with van der Waals surface area (Å²) in [5.74, 6) is 0.655. The van der Waals surface area contributed by atoms with Gasteiger partial charge in [-0.2, -0.15) is 10.4 Å². The number of aryl methyl sites for hydroxylation is 1. The molecular formula is C15H13N5OS. The predicted molar refractivity (Wildman–Crippen MR) is 82.5 cm³/mol. The molecular weight excluding hydrogens is 298 g/mol. The minimum absolute atomic E-state index is 0.453. The maximum absolute atomic E-state index is 9.17. The highest BCUT2D eigenvalue weighted by Gasteiger charge is 2.07. The largest absolute Gasteiger partial charge is 0.492 e. The van der Waals surface area contributed by atoms with E-state index in [0.717, 1.165) is 15.4 Å². The summed E-state index contributed by atoms with van der Waals surface area (Å²) in [4.78, 5) is 9.36. The number of hydrogen-bond donors (Lipinski definition) is 0. The standard InChI is InChI=1S/C15H13N5OS/c1-11-8-18-15(22-11)13-4-12(7-16)5-14(6-13)21-3-2-20-10-17-9-19-20/h4-6,8-10H,2-3H2,1H3. The molecule has 0 atom stereocenters. The average molecular weight is 311 g/mol. The molecule has 0 saturated carbocycles. The molecule has 22 heavy (non-hydrogen) atoms. The van der Waals surface area contributed by atoms with Crippen molar-refractivity contribution in [3.8, 4) is 22.4 Å². The topological polar surface area (TPSA) is 76.6 Å². The molecule has 2 aromatic heterocycles. The van der Waals surface area contributed by atoms with Crippen LogP contribution in [-0.4, -0.2) is 26.4 Å². The van der Waals surface area contributed by atoms with Crippen molar-refractivity contribution in [2.24, 2.45) is 0 Å². The van der Waals surface area contributed by atoms with Gasteiger partial charge >= 0.3 is 0 Å². The summed E-state index contributed by atoms with van der Waals surface area (Å²) in [6.45, 7) is 3.06. The Balaban J connectivity index is 1.77. The van der Waals surface area contributed by atoms with Crippen LogP contribution in [-0.2, 0) is 6.54 Å². The number of ether oxygens (including phenoxy) is 1. The lowest BCUT2D eigenvalue weighted by molar-refractivity contribution is 0.291. The normalized spacial score (nSPS) is 10.4. The summed E-state index contributed by atoms with van der Waals surface area (Å²) in [5, 5.41) is 14.1. The van der Waals surface area contributed by atoms with Crippen molar-refractivity contribution in [2.45, 2.75) is 13.5 Å². The number of rotatable bonds is 5. The maximum Gasteiger partial charge on any atom is 0.137 e. The van der Waals surface area contributed by atoms with Crippen molar-refractivity contribution in [3.63, 3.8) is 0 Å². The van der Waals surface area contributed by atoms with Crippen LogP contribution in [0.4, 0.5) is 0 Å². The van der Waals surface area contributed by atoms with Crippen LogP contribution in [0, 0.1) is 18.3 Å². The van der Waals surface area contributed by atoms with Crippen LogP contribution in [0.25, 0.3) is 10.6 Å². The van der Waals surface area contributed by atoms with Gasteiger partial charge in [0.2, 0.25) is 0 Å². The van der Waals surface area contributed by atoms with E-state index in [1.54, 1.807) is 28.4 Å². The minimum atomic E-state index is 0.453. The third-order valence-corrected chi connectivity index (χ3v) is 3.92. The molecule has 0 aliphatic rings. The van der Waals surface area contributed by atoms with Crippen LogP contribution in [0.1, 0.15) is 10.4 Å². The molecule has 0 aliphatic carbocycles. The Hall–Kier alpha value is -2.72. The minimum Gasteiger partial charge on any atom is -0.492 e. The van der Waals surface area contributed by atoms with Gasteiger partial charge in [0.15, 0.2) is 0 Å². The van der Waals surface area contributed by atoms with E-state index in [4.69, 9.17) is 10.00 Å². The SMILES string of the molecule is Cc1cnc(-c2cc(C#N)cc(OCCn3cncn3)c2)s1. The molecule has 3 aromatic rings. The Kier molecular flexibility index (Phi) is 4.12. The first-order valence-corrected chi connectivity index (χ1v) is 7.49. The van der Waals surface area contributed by atoms with E-state index in [1.165, 1.54) is 6.33 Å². The first-order valence-electron chi connectivity index (χ1n) is 6.68. The molecule has 0 N–H and O–H groups in total. The summed E-state index contributed by atoms with van der Waals surface area (Å²) in [5.41, 5.74) is 1.45. The Morgan fingerprint density at radius 3 is 2.95 bits per heavy atom. The highest BCUT2D eigenvalue weighted by atomic mass is 32.1. The van der Waals surface area contributed by atoms with E-state index in [2.05, 4.69) is 21.1 Å². The third-order valence-electron chi connectivity index (χ3n) is 2.96. The highest BCUT2D eigenvalue weighted by molar-refractivity contribution is 7.14. The van der Waals surface area contributed by atoms with E-state index < -0.39 is 0 Å². The van der Waals surface area contributed by atoms with Gasteiger partial charge in [0.1, 0.15) is 30.0 Å². The number of aromatic nitrogens is 4. The fourth-order valence-electron chi connectivity index (χ4n) is 1.96. The fraction of sp³-hybridized carbons (Fsp3) is 0.200. The van der Waals surface area contributed by atoms with Crippen molar-refractivity contribution in [1.82, 2.24) is 19.7 Å². The maximum atomic E-state index is 9.17. The number of nitrogens with zero attached hydrogens (tertiary/aromatic N) is 5. The third kappa shape index (κ3) is 3.30. The molecule has 2 heterocycles. The highest BCUT2D eigenvalue weighted by Crippen LogP contribution is 2.29. The van der Waals surface area contributed by atoms with Gasteiger partial charge in [-0.3, -0.25) is 0 Å². The monoisotopic (exact) mass is 311 g/mol. The molecule has 3 rings (SSSR count). The van der Waals surface area contributed by atoms with Crippen LogP contribution in [0.15, 0.2) is 37.1 Å². The van der Waals surface area contributed by atoms with Crippen LogP contribution in [0.2, 0.25) is 0 Å². The molecule has 0 spiro atoms. The second kappa shape index (κ2) is 6.37. The predicted octanol–water partition coefficient (Wildman–Crippen LogP) is 2.66. The lowest BCUT2D eigenvalue weighted by Crippen LogP contribution is -2.08. The molecule has 0 unspecified atom stereocenters. The van der Waals surface area contributed by atoms with Gasteiger partial charge in [0.25, 0.3) is 0 Å². The van der Waals surface area contributed by atoms with E-state index in [1.807, 2.05) is 25.3 Å². The first kappa shape index (κ1) is 14.2. The molecule has 0 amide bonds. The number of benzene rings is 1. The van der Waals surface area contributed by atoms with E-state index >= 15 is 0 Å². The zero-order chi connectivity index (χ0) is 15.4. The molecule has 0 bridgehead atoms. The van der Waals surface area contributed by atoms with Crippen molar-refractivity contribution in [1.29, 1.82) is 5.26 Å². The van der Waals surface area contributed by atoms with Crippen LogP contribution in [0.5, 0.6) is 5.75 Å². The summed E-state index contributed by atoms with van der Waals surface area (Å²) < 4.78 is 7.42. The fourth-order valence-corrected chi connectivity index (χ4v) is 2.72. The van der Waals surface area contributed by atoms with Gasteiger partial charge in [-0.15, -0.1) is 11.3 Å². The molecule has 0 radical (unpaired) electrons. The smallest absolute Gasteiger partial charge is 0.137 e. The van der Waals surface area contributed by atoms with Crippen molar-refractivity contribution in [3.05, 3.63) is 47.5 Å². The van der Waals surface area contributed by atoms with Gasteiger partial charge in [-0.05, 0) is 25.1 Å². The van der Waals surface area contributed by atoms with Crippen molar-refractivity contribution >= 4 is 11.3 Å². The Bertz CT molecular complexity index is 804. The van der Waals surface area contributed by atoms with Gasteiger partial charge in [-0.1, -0.05) is 0 Å². The number of thiazole rings is 1. The Labute approximate surface area is 131 Å². The van der Waals surface area contributed by atoms with Gasteiger partial charge in [0.05, 0.1) is 18.2 Å². The number of hydrogen-bond acceptors (Lipinski definition) is 6. The molecule has 0 aliphatic heterocycles. The Morgan fingerprint density at radius 2 is 2.27 bits per heavy atom. The number of nitriles is 1. The zero-order valence-electron chi connectivity index (χ0n) is 11.9. The van der Waals surface area contributed by atoms with E-state index in [9.17, 15) is 0 Å². The zero-order valence-corrected chi connectivity index (χ0v) is 12.7. The molecule has 110 valence electrons. The van der Waals surface area contributed by atoms with Crippen LogP contribution >= 0.6 is 11.3 Å². The quantitative estimate of drug-likeness (QED) is 0.724. The van der Waals surface area contributed by atoms with Crippen molar-refractivity contribution < 1.29 is 4.74 Å². The summed E-state index contributed by atoms with van der Waals surface area (Å²) in [6.07, 6.45) is 4.95. The summed E-state index contributed by atoms with van der Waals surface area (Å²) in [6, 6.07) is 7.61. The average Bonchev–Trinajstić information content (AvgIpc) is 3.18. The van der Waals surface area contributed by atoms with E-state index in [-0.39, 0.29) is 0 Å². The lowest BCUT2D eigenvalue weighted by Gasteiger charge is -2.08. The molecule has 1 aromatic carbocycles. The van der Waals surface area contributed by atoms with Crippen LogP contribution in [0.3, 0.4) is 0 Å². The molecule has 6 nitrogen and oxygen atoms in total. The van der Waals surface area contributed by atoms with E-state index in [0.29, 0.717) is 24.5 Å². The Morgan fingerprint density at radius 1 is 1.36 bits per heavy atom. The summed E-state index contributed by atoms with van der Waals surface area (Å²) in [7, 11) is 0. The van der Waals surface area contributed by atoms with Crippen molar-refractivity contribution in [2.75, 3.05) is 6.61 Å². The molecule has 0 saturated heterocycles. The lowest BCUT2D eigenvalue weighted by atomic mass is 10.1.